The number of halogens is 1. The van der Waals surface area contributed by atoms with Crippen molar-refractivity contribution in [1.29, 1.82) is 0 Å². The molecule has 1 aromatic carbocycles. The van der Waals surface area contributed by atoms with Crippen LogP contribution in [0.1, 0.15) is 18.3 Å². The third kappa shape index (κ3) is 3.04. The highest BCUT2D eigenvalue weighted by molar-refractivity contribution is 7.98. The minimum atomic E-state index is 0.415. The van der Waals surface area contributed by atoms with Gasteiger partial charge in [-0.25, -0.2) is 0 Å². The molecule has 0 radical (unpaired) electrons. The first kappa shape index (κ1) is 13.4. The van der Waals surface area contributed by atoms with Crippen LogP contribution in [0.4, 0.5) is 0 Å². The van der Waals surface area contributed by atoms with E-state index in [2.05, 4.69) is 23.2 Å². The maximum atomic E-state index is 5.95. The first-order valence-corrected chi connectivity index (χ1v) is 7.10. The average Bonchev–Trinajstić information content (AvgIpc) is 2.78. The van der Waals surface area contributed by atoms with E-state index in [1.54, 1.807) is 11.8 Å². The third-order valence-corrected chi connectivity index (χ3v) is 3.82. The van der Waals surface area contributed by atoms with Crippen molar-refractivity contribution in [3.63, 3.8) is 0 Å². The van der Waals surface area contributed by atoms with Crippen molar-refractivity contribution in [2.75, 3.05) is 0 Å². The number of aromatic nitrogens is 3. The van der Waals surface area contributed by atoms with Gasteiger partial charge in [0.2, 0.25) is 0 Å². The Hall–Kier alpha value is -1.04. The van der Waals surface area contributed by atoms with Crippen LogP contribution in [0.5, 0.6) is 0 Å². The number of hydrogen-bond donors (Lipinski definition) is 1. The van der Waals surface area contributed by atoms with E-state index in [0.29, 0.717) is 6.54 Å². The zero-order chi connectivity index (χ0) is 13.0. The van der Waals surface area contributed by atoms with Crippen molar-refractivity contribution in [1.82, 2.24) is 14.8 Å². The molecule has 4 nitrogen and oxygen atoms in total. The summed E-state index contributed by atoms with van der Waals surface area (Å²) < 4.78 is 2.04. The maximum Gasteiger partial charge on any atom is 0.191 e. The van der Waals surface area contributed by atoms with Crippen LogP contribution in [-0.4, -0.2) is 14.8 Å². The first-order valence-electron chi connectivity index (χ1n) is 5.74. The molecule has 0 saturated heterocycles. The number of benzene rings is 1. The second-order valence-electron chi connectivity index (χ2n) is 3.77. The fourth-order valence-corrected chi connectivity index (χ4v) is 2.85. The summed E-state index contributed by atoms with van der Waals surface area (Å²) in [6.45, 7) is 3.31. The molecular weight excluding hydrogens is 268 g/mol. The van der Waals surface area contributed by atoms with Crippen molar-refractivity contribution in [3.05, 3.63) is 40.7 Å². The van der Waals surface area contributed by atoms with Crippen molar-refractivity contribution < 1.29 is 0 Å². The molecule has 2 aromatic rings. The lowest BCUT2D eigenvalue weighted by Crippen LogP contribution is -2.08. The molecule has 2 N–H and O–H groups in total. The Labute approximate surface area is 116 Å². The summed E-state index contributed by atoms with van der Waals surface area (Å²) in [7, 11) is 0. The zero-order valence-corrected chi connectivity index (χ0v) is 11.7. The number of hydrogen-bond acceptors (Lipinski definition) is 4. The van der Waals surface area contributed by atoms with Crippen LogP contribution in [0.2, 0.25) is 5.02 Å². The van der Waals surface area contributed by atoms with E-state index in [1.165, 1.54) is 5.56 Å². The van der Waals surface area contributed by atoms with E-state index < -0.39 is 0 Å². The quantitative estimate of drug-likeness (QED) is 0.857. The molecule has 96 valence electrons. The van der Waals surface area contributed by atoms with Crippen molar-refractivity contribution in [3.8, 4) is 0 Å². The normalized spacial score (nSPS) is 10.8. The summed E-state index contributed by atoms with van der Waals surface area (Å²) in [5.41, 5.74) is 6.79. The summed E-state index contributed by atoms with van der Waals surface area (Å²) in [5.74, 6) is 1.65. The lowest BCUT2D eigenvalue weighted by Gasteiger charge is -2.06. The van der Waals surface area contributed by atoms with Crippen LogP contribution >= 0.6 is 23.4 Å². The van der Waals surface area contributed by atoms with Gasteiger partial charge in [0.25, 0.3) is 0 Å². The number of thioether (sulfide) groups is 1. The molecule has 0 fully saturated rings. The highest BCUT2D eigenvalue weighted by Gasteiger charge is 2.09. The van der Waals surface area contributed by atoms with Crippen LogP contribution in [0.15, 0.2) is 29.4 Å². The number of nitrogens with zero attached hydrogens (tertiary/aromatic N) is 3. The largest absolute Gasteiger partial charge is 0.324 e. The fourth-order valence-electron chi connectivity index (χ4n) is 1.67. The van der Waals surface area contributed by atoms with Gasteiger partial charge in [-0.1, -0.05) is 35.5 Å². The highest BCUT2D eigenvalue weighted by Crippen LogP contribution is 2.23. The topological polar surface area (TPSA) is 56.7 Å². The molecule has 0 atom stereocenters. The molecule has 18 heavy (non-hydrogen) atoms. The lowest BCUT2D eigenvalue weighted by atomic mass is 10.2. The molecular formula is C12H15ClN4S. The molecule has 0 saturated carbocycles. The molecule has 0 aliphatic heterocycles. The molecule has 1 aromatic heterocycles. The zero-order valence-electron chi connectivity index (χ0n) is 10.1. The second-order valence-corrected chi connectivity index (χ2v) is 5.14. The van der Waals surface area contributed by atoms with Gasteiger partial charge in [0, 0.05) is 17.3 Å². The number of nitrogens with two attached hydrogens (primary N) is 1. The Kier molecular flexibility index (Phi) is 4.63. The van der Waals surface area contributed by atoms with Gasteiger partial charge in [0.1, 0.15) is 5.82 Å². The summed E-state index contributed by atoms with van der Waals surface area (Å²) in [5, 5.41) is 9.89. The van der Waals surface area contributed by atoms with Crippen molar-refractivity contribution >= 4 is 23.4 Å². The molecule has 1 heterocycles. The molecule has 6 heteroatoms. The molecule has 0 aliphatic rings. The second kappa shape index (κ2) is 6.22. The van der Waals surface area contributed by atoms with E-state index >= 15 is 0 Å². The van der Waals surface area contributed by atoms with Gasteiger partial charge in [-0.3, -0.25) is 0 Å². The van der Waals surface area contributed by atoms with Crippen molar-refractivity contribution in [2.45, 2.75) is 30.9 Å². The van der Waals surface area contributed by atoms with Crippen LogP contribution in [0.3, 0.4) is 0 Å². The first-order chi connectivity index (χ1) is 8.74. The van der Waals surface area contributed by atoms with Gasteiger partial charge < -0.3 is 10.3 Å². The van der Waals surface area contributed by atoms with Crippen LogP contribution in [0, 0.1) is 0 Å². The maximum absolute atomic E-state index is 5.95. The lowest BCUT2D eigenvalue weighted by molar-refractivity contribution is 0.643. The SMILES string of the molecule is CCn1c(CN)nnc1SCc1cccc(Cl)c1. The van der Waals surface area contributed by atoms with Gasteiger partial charge in [-0.2, -0.15) is 0 Å². The monoisotopic (exact) mass is 282 g/mol. The van der Waals surface area contributed by atoms with Gasteiger partial charge in [0.05, 0.1) is 6.54 Å². The predicted octanol–water partition coefficient (Wildman–Crippen LogP) is 2.70. The van der Waals surface area contributed by atoms with E-state index in [-0.39, 0.29) is 0 Å². The summed E-state index contributed by atoms with van der Waals surface area (Å²) >= 11 is 7.60. The average molecular weight is 283 g/mol. The minimum absolute atomic E-state index is 0.415. The van der Waals surface area contributed by atoms with E-state index in [0.717, 1.165) is 28.3 Å². The smallest absolute Gasteiger partial charge is 0.191 e. The van der Waals surface area contributed by atoms with Gasteiger partial charge in [-0.15, -0.1) is 10.2 Å². The highest BCUT2D eigenvalue weighted by atomic mass is 35.5. The number of rotatable bonds is 5. The molecule has 0 aliphatic carbocycles. The van der Waals surface area contributed by atoms with Crippen LogP contribution in [0.25, 0.3) is 0 Å². The molecule has 2 rings (SSSR count). The molecule has 0 bridgehead atoms. The molecule has 0 spiro atoms. The Bertz CT molecular complexity index is 527. The van der Waals surface area contributed by atoms with E-state index in [9.17, 15) is 0 Å². The van der Waals surface area contributed by atoms with Crippen molar-refractivity contribution in [2.24, 2.45) is 5.73 Å². The van der Waals surface area contributed by atoms with Gasteiger partial charge in [-0.05, 0) is 24.6 Å². The predicted molar refractivity (Wildman–Crippen MR) is 74.6 cm³/mol. The summed E-state index contributed by atoms with van der Waals surface area (Å²) in [6, 6.07) is 7.84. The van der Waals surface area contributed by atoms with E-state index in [4.69, 9.17) is 17.3 Å². The van der Waals surface area contributed by atoms with Crippen LogP contribution in [-0.2, 0) is 18.8 Å². The standard InChI is InChI=1S/C12H15ClN4S/c1-2-17-11(7-14)15-16-12(17)18-8-9-4-3-5-10(13)6-9/h3-6H,2,7-8,14H2,1H3. The molecule has 0 unspecified atom stereocenters. The fraction of sp³-hybridized carbons (Fsp3) is 0.333. The minimum Gasteiger partial charge on any atom is -0.324 e. The van der Waals surface area contributed by atoms with E-state index in [1.807, 2.05) is 22.8 Å². The van der Waals surface area contributed by atoms with Gasteiger partial charge >= 0.3 is 0 Å². The Morgan fingerprint density at radius 2 is 2.22 bits per heavy atom. The third-order valence-electron chi connectivity index (χ3n) is 2.55. The Morgan fingerprint density at radius 1 is 1.39 bits per heavy atom. The van der Waals surface area contributed by atoms with Gasteiger partial charge in [0.15, 0.2) is 5.16 Å². The molecule has 0 amide bonds. The Balaban J connectivity index is 2.08. The van der Waals surface area contributed by atoms with Crippen LogP contribution < -0.4 is 5.73 Å². The Morgan fingerprint density at radius 3 is 2.89 bits per heavy atom. The summed E-state index contributed by atoms with van der Waals surface area (Å²) in [6.07, 6.45) is 0. The summed E-state index contributed by atoms with van der Waals surface area (Å²) in [4.78, 5) is 0.